The van der Waals surface area contributed by atoms with Gasteiger partial charge in [-0.05, 0) is 18.6 Å². The maximum Gasteiger partial charge on any atom is 0.340 e. The molecule has 0 saturated carbocycles. The van der Waals surface area contributed by atoms with Crippen molar-refractivity contribution in [2.45, 2.75) is 25.8 Å². The average Bonchev–Trinajstić information content (AvgIpc) is 2.32. The number of terminal acetylenes is 1. The number of nitrogens with two attached hydrogens (primary N) is 1. The number of hydrogen-bond acceptors (Lipinski definition) is 3. The average molecular weight is 250 g/mol. The molecule has 0 aromatic heterocycles. The molecule has 4 N–H and O–H groups in total. The van der Waals surface area contributed by atoms with E-state index >= 15 is 0 Å². The molecule has 1 unspecified atom stereocenters. The molecule has 0 fully saturated rings. The first kappa shape index (κ1) is 13.8. The normalized spacial score (nSPS) is 11.6. The lowest BCUT2D eigenvalue weighted by atomic mass is 10.1. The van der Waals surface area contributed by atoms with Crippen LogP contribution in [-0.4, -0.2) is 17.1 Å². The molecule has 0 radical (unpaired) electrons. The zero-order valence-corrected chi connectivity index (χ0v) is 10.0. The maximum absolute atomic E-state index is 13.2. The second-order valence-electron chi connectivity index (χ2n) is 3.85. The fourth-order valence-corrected chi connectivity index (χ4v) is 1.60. The zero-order valence-electron chi connectivity index (χ0n) is 10.0. The van der Waals surface area contributed by atoms with Crippen LogP contribution in [-0.2, 0) is 0 Å². The van der Waals surface area contributed by atoms with E-state index in [4.69, 9.17) is 17.3 Å². The Morgan fingerprint density at radius 3 is 2.83 bits per heavy atom. The van der Waals surface area contributed by atoms with Gasteiger partial charge in [-0.2, -0.15) is 0 Å². The molecule has 0 aliphatic rings. The summed E-state index contributed by atoms with van der Waals surface area (Å²) < 4.78 is 13.2. The Morgan fingerprint density at radius 2 is 2.33 bits per heavy atom. The molecule has 18 heavy (non-hydrogen) atoms. The number of anilines is 2. The molecular formula is C13H15FN2O2. The van der Waals surface area contributed by atoms with Gasteiger partial charge < -0.3 is 16.2 Å². The minimum absolute atomic E-state index is 0.0713. The smallest absolute Gasteiger partial charge is 0.340 e. The quantitative estimate of drug-likeness (QED) is 0.553. The van der Waals surface area contributed by atoms with Crippen molar-refractivity contribution < 1.29 is 14.3 Å². The van der Waals surface area contributed by atoms with E-state index in [9.17, 15) is 9.18 Å². The second-order valence-corrected chi connectivity index (χ2v) is 3.85. The third kappa shape index (κ3) is 2.92. The van der Waals surface area contributed by atoms with E-state index in [0.29, 0.717) is 6.42 Å². The van der Waals surface area contributed by atoms with E-state index < -0.39 is 11.8 Å². The number of hydrogen-bond donors (Lipinski definition) is 3. The maximum atomic E-state index is 13.2. The summed E-state index contributed by atoms with van der Waals surface area (Å²) in [4.78, 5) is 11.1. The Morgan fingerprint density at radius 1 is 1.67 bits per heavy atom. The first-order chi connectivity index (χ1) is 8.51. The standard InChI is InChI=1S/C13H15FN2O2/c1-3-5-8(4-2)16-10-7-6-9(14)12(15)11(10)13(17)18/h1,6-8,16H,4-5,15H2,2H3,(H,17,18). The lowest BCUT2D eigenvalue weighted by Crippen LogP contribution is -2.20. The molecule has 0 amide bonds. The first-order valence-electron chi connectivity index (χ1n) is 5.52. The van der Waals surface area contributed by atoms with Crippen LogP contribution < -0.4 is 11.1 Å². The van der Waals surface area contributed by atoms with Gasteiger partial charge in [-0.15, -0.1) is 12.3 Å². The Bertz CT molecular complexity index is 494. The number of carboxylic acid groups (broad SMARTS) is 1. The van der Waals surface area contributed by atoms with Gasteiger partial charge in [-0.25, -0.2) is 9.18 Å². The topological polar surface area (TPSA) is 75.3 Å². The molecule has 1 aromatic carbocycles. The van der Waals surface area contributed by atoms with Gasteiger partial charge in [0.2, 0.25) is 0 Å². The summed E-state index contributed by atoms with van der Waals surface area (Å²) >= 11 is 0. The van der Waals surface area contributed by atoms with Crippen LogP contribution in [0.15, 0.2) is 12.1 Å². The van der Waals surface area contributed by atoms with E-state index in [1.165, 1.54) is 6.07 Å². The number of nitrogens with one attached hydrogen (secondary N) is 1. The monoisotopic (exact) mass is 250 g/mol. The molecule has 0 saturated heterocycles. The third-order valence-electron chi connectivity index (χ3n) is 2.62. The van der Waals surface area contributed by atoms with Gasteiger partial charge in [0.15, 0.2) is 0 Å². The molecule has 5 heteroatoms. The van der Waals surface area contributed by atoms with Crippen molar-refractivity contribution in [3.8, 4) is 12.3 Å². The van der Waals surface area contributed by atoms with Crippen molar-refractivity contribution in [2.75, 3.05) is 11.1 Å². The predicted octanol–water partition coefficient (Wildman–Crippen LogP) is 2.32. The highest BCUT2D eigenvalue weighted by Gasteiger charge is 2.18. The van der Waals surface area contributed by atoms with Crippen LogP contribution in [0.25, 0.3) is 0 Å². The molecular weight excluding hydrogens is 235 g/mol. The summed E-state index contributed by atoms with van der Waals surface area (Å²) in [5.74, 6) is 0.478. The molecule has 1 rings (SSSR count). The van der Waals surface area contributed by atoms with Gasteiger partial charge in [0.25, 0.3) is 0 Å². The van der Waals surface area contributed by atoms with Gasteiger partial charge in [-0.3, -0.25) is 0 Å². The number of aromatic carboxylic acids is 1. The highest BCUT2D eigenvalue weighted by molar-refractivity contribution is 6.00. The second kappa shape index (κ2) is 5.92. The molecule has 4 nitrogen and oxygen atoms in total. The highest BCUT2D eigenvalue weighted by atomic mass is 19.1. The molecule has 0 aliphatic heterocycles. The summed E-state index contributed by atoms with van der Waals surface area (Å²) in [6.07, 6.45) is 6.39. The molecule has 0 bridgehead atoms. The fraction of sp³-hybridized carbons (Fsp3) is 0.308. The van der Waals surface area contributed by atoms with Crippen molar-refractivity contribution in [3.05, 3.63) is 23.5 Å². The van der Waals surface area contributed by atoms with E-state index in [1.54, 1.807) is 0 Å². The summed E-state index contributed by atoms with van der Waals surface area (Å²) in [5.41, 5.74) is 5.09. The summed E-state index contributed by atoms with van der Waals surface area (Å²) in [5, 5.41) is 12.0. The van der Waals surface area contributed by atoms with Crippen LogP contribution in [0.3, 0.4) is 0 Å². The van der Waals surface area contributed by atoms with Gasteiger partial charge in [0.1, 0.15) is 11.4 Å². The third-order valence-corrected chi connectivity index (χ3v) is 2.62. The lowest BCUT2D eigenvalue weighted by Gasteiger charge is -2.18. The van der Waals surface area contributed by atoms with E-state index in [0.717, 1.165) is 12.5 Å². The van der Waals surface area contributed by atoms with Crippen LogP contribution in [0.5, 0.6) is 0 Å². The van der Waals surface area contributed by atoms with Crippen molar-refractivity contribution in [3.63, 3.8) is 0 Å². The van der Waals surface area contributed by atoms with Gasteiger partial charge >= 0.3 is 5.97 Å². The van der Waals surface area contributed by atoms with Crippen molar-refractivity contribution in [1.29, 1.82) is 0 Å². The van der Waals surface area contributed by atoms with Crippen molar-refractivity contribution in [1.82, 2.24) is 0 Å². The minimum Gasteiger partial charge on any atom is -0.478 e. The Kier molecular flexibility index (Phi) is 4.55. The van der Waals surface area contributed by atoms with E-state index in [2.05, 4.69) is 11.2 Å². The number of benzene rings is 1. The van der Waals surface area contributed by atoms with Crippen molar-refractivity contribution >= 4 is 17.3 Å². The molecule has 1 aromatic rings. The Hall–Kier alpha value is -2.22. The first-order valence-corrected chi connectivity index (χ1v) is 5.52. The SMILES string of the molecule is C#CCC(CC)Nc1ccc(F)c(N)c1C(=O)O. The number of carbonyl (C=O) groups is 1. The fourth-order valence-electron chi connectivity index (χ4n) is 1.60. The van der Waals surface area contributed by atoms with Gasteiger partial charge in [0, 0.05) is 12.5 Å². The number of halogens is 1. The predicted molar refractivity (Wildman–Crippen MR) is 68.9 cm³/mol. The largest absolute Gasteiger partial charge is 0.478 e. The van der Waals surface area contributed by atoms with Crippen LogP contribution >= 0.6 is 0 Å². The van der Waals surface area contributed by atoms with Crippen molar-refractivity contribution in [2.24, 2.45) is 0 Å². The van der Waals surface area contributed by atoms with Crippen LogP contribution in [0.2, 0.25) is 0 Å². The minimum atomic E-state index is -1.27. The molecule has 0 heterocycles. The highest BCUT2D eigenvalue weighted by Crippen LogP contribution is 2.26. The van der Waals surface area contributed by atoms with E-state index in [-0.39, 0.29) is 23.0 Å². The molecule has 0 spiro atoms. The summed E-state index contributed by atoms with van der Waals surface area (Å²) in [6.45, 7) is 1.92. The summed E-state index contributed by atoms with van der Waals surface area (Å²) in [6, 6.07) is 2.42. The summed E-state index contributed by atoms with van der Waals surface area (Å²) in [7, 11) is 0. The Labute approximate surface area is 105 Å². The van der Waals surface area contributed by atoms with E-state index in [1.807, 2.05) is 6.92 Å². The van der Waals surface area contributed by atoms with Gasteiger partial charge in [-0.1, -0.05) is 6.92 Å². The number of rotatable bonds is 5. The van der Waals surface area contributed by atoms with Crippen LogP contribution in [0.1, 0.15) is 30.1 Å². The molecule has 0 aliphatic carbocycles. The van der Waals surface area contributed by atoms with Gasteiger partial charge in [0.05, 0.1) is 11.4 Å². The lowest BCUT2D eigenvalue weighted by molar-refractivity contribution is 0.0698. The van der Waals surface area contributed by atoms with Crippen LogP contribution in [0.4, 0.5) is 15.8 Å². The van der Waals surface area contributed by atoms with Crippen LogP contribution in [0, 0.1) is 18.2 Å². The number of nitrogen functional groups attached to an aromatic ring is 1. The molecule has 96 valence electrons. The molecule has 1 atom stereocenters. The number of carboxylic acids is 1. The Balaban J connectivity index is 3.13. The zero-order chi connectivity index (χ0) is 13.7.